The number of hydrogen-bond acceptors (Lipinski definition) is 5. The first-order chi connectivity index (χ1) is 16.9. The fraction of sp³-hybridized carbons (Fsp3) is 0.320. The lowest BCUT2D eigenvalue weighted by atomic mass is 9.85. The summed E-state index contributed by atoms with van der Waals surface area (Å²) in [5, 5.41) is 0. The van der Waals surface area contributed by atoms with Crippen LogP contribution in [0, 0.1) is 0 Å². The molecular formula is C25H19F6NO4. The normalized spacial score (nSPS) is 18.3. The van der Waals surface area contributed by atoms with Gasteiger partial charge in [0.2, 0.25) is 0 Å². The third-order valence-electron chi connectivity index (χ3n) is 6.53. The molecule has 1 spiro atoms. The molecule has 36 heavy (non-hydrogen) atoms. The van der Waals surface area contributed by atoms with Gasteiger partial charge < -0.3 is 14.2 Å². The monoisotopic (exact) mass is 511 g/mol. The molecule has 0 amide bonds. The zero-order valence-corrected chi connectivity index (χ0v) is 18.8. The Kier molecular flexibility index (Phi) is 5.49. The third kappa shape index (κ3) is 4.27. The molecule has 0 bridgehead atoms. The van der Waals surface area contributed by atoms with E-state index in [2.05, 4.69) is 0 Å². The average Bonchev–Trinajstić information content (AvgIpc) is 2.78. The van der Waals surface area contributed by atoms with E-state index in [9.17, 15) is 31.1 Å². The van der Waals surface area contributed by atoms with E-state index in [0.29, 0.717) is 31.2 Å². The van der Waals surface area contributed by atoms with E-state index in [1.165, 1.54) is 0 Å². The Labute approximate surface area is 201 Å². The van der Waals surface area contributed by atoms with Gasteiger partial charge in [-0.15, -0.1) is 0 Å². The molecule has 1 aliphatic carbocycles. The maximum Gasteiger partial charge on any atom is 0.518 e. The molecule has 1 fully saturated rings. The highest BCUT2D eigenvalue weighted by atomic mass is 19.4. The van der Waals surface area contributed by atoms with Gasteiger partial charge in [0.25, 0.3) is 0 Å². The van der Waals surface area contributed by atoms with Gasteiger partial charge in [-0.1, -0.05) is 12.1 Å². The lowest BCUT2D eigenvalue weighted by Gasteiger charge is -2.49. The van der Waals surface area contributed by atoms with Crippen LogP contribution in [-0.2, 0) is 34.9 Å². The van der Waals surface area contributed by atoms with Crippen molar-refractivity contribution in [2.75, 3.05) is 6.54 Å². The van der Waals surface area contributed by atoms with Crippen molar-refractivity contribution in [1.82, 2.24) is 4.90 Å². The largest absolute Gasteiger partial charge is 0.518 e. The number of carbonyl (C=O) groups excluding carboxylic acids is 1. The van der Waals surface area contributed by atoms with E-state index in [0.717, 1.165) is 28.3 Å². The van der Waals surface area contributed by atoms with Gasteiger partial charge in [-0.2, -0.15) is 26.3 Å². The summed E-state index contributed by atoms with van der Waals surface area (Å²) in [4.78, 5) is 12.8. The van der Waals surface area contributed by atoms with Gasteiger partial charge >= 0.3 is 24.4 Å². The van der Waals surface area contributed by atoms with Crippen LogP contribution in [0.25, 0.3) is 5.57 Å². The van der Waals surface area contributed by atoms with Crippen LogP contribution in [0.4, 0.5) is 31.1 Å². The van der Waals surface area contributed by atoms with E-state index < -0.39 is 42.2 Å². The molecule has 11 heteroatoms. The molecule has 5 rings (SSSR count). The quantitative estimate of drug-likeness (QED) is 0.331. The van der Waals surface area contributed by atoms with Crippen LogP contribution in [0.3, 0.4) is 0 Å². The standard InChI is InChI=1S/C25H19F6NO4/c1-14-16(12-32-9-8-23(32)35-22(33)36-23)3-2-15-10-19(6-7-20(14)15)34-13-17-4-5-18(24(26,27)28)11-21(17)25(29,30)31/h4-11H,2-3,12-13H2,1H3. The molecule has 1 saturated heterocycles. The molecule has 190 valence electrons. The summed E-state index contributed by atoms with van der Waals surface area (Å²) in [6.07, 6.45) is -5.80. The molecule has 0 aromatic heterocycles. The van der Waals surface area contributed by atoms with Gasteiger partial charge in [-0.05, 0) is 66.3 Å². The van der Waals surface area contributed by atoms with Crippen molar-refractivity contribution in [1.29, 1.82) is 0 Å². The van der Waals surface area contributed by atoms with Crippen molar-refractivity contribution in [2.45, 2.75) is 44.6 Å². The topological polar surface area (TPSA) is 48.0 Å². The number of alkyl halides is 6. The summed E-state index contributed by atoms with van der Waals surface area (Å²) in [7, 11) is 0. The Balaban J connectivity index is 1.31. The fourth-order valence-electron chi connectivity index (χ4n) is 4.50. The second-order valence-electron chi connectivity index (χ2n) is 8.73. The number of aryl methyl sites for hydroxylation is 1. The number of halogens is 6. The van der Waals surface area contributed by atoms with Crippen LogP contribution >= 0.6 is 0 Å². The van der Waals surface area contributed by atoms with Crippen molar-refractivity contribution in [3.63, 3.8) is 0 Å². The number of ether oxygens (including phenoxy) is 3. The number of benzene rings is 2. The molecule has 2 aromatic rings. The number of hydrogen-bond donors (Lipinski definition) is 0. The minimum atomic E-state index is -4.96. The van der Waals surface area contributed by atoms with Gasteiger partial charge in [0.1, 0.15) is 12.4 Å². The SMILES string of the molecule is CC1=C(CN2C=CC23OC(=O)O3)CCc2cc(OCc3ccc(C(F)(F)F)cc3C(F)(F)F)ccc21. The van der Waals surface area contributed by atoms with Crippen LogP contribution in [0.2, 0.25) is 0 Å². The number of fused-ring (bicyclic) bond motifs is 1. The summed E-state index contributed by atoms with van der Waals surface area (Å²) >= 11 is 0. The minimum absolute atomic E-state index is 0.105. The van der Waals surface area contributed by atoms with E-state index in [1.807, 2.05) is 6.92 Å². The van der Waals surface area contributed by atoms with Crippen LogP contribution < -0.4 is 4.74 Å². The van der Waals surface area contributed by atoms with E-state index >= 15 is 0 Å². The maximum atomic E-state index is 13.4. The average molecular weight is 511 g/mol. The Morgan fingerprint density at radius 1 is 1.00 bits per heavy atom. The molecule has 2 aliphatic heterocycles. The smallest absolute Gasteiger partial charge is 0.489 e. The van der Waals surface area contributed by atoms with Crippen LogP contribution in [-0.4, -0.2) is 23.5 Å². The summed E-state index contributed by atoms with van der Waals surface area (Å²) in [5.74, 6) is -0.798. The van der Waals surface area contributed by atoms with Crippen LogP contribution in [0.5, 0.6) is 5.75 Å². The zero-order chi connectivity index (χ0) is 25.9. The van der Waals surface area contributed by atoms with Crippen molar-refractivity contribution in [3.05, 3.63) is 82.1 Å². The number of nitrogens with zero attached hydrogens (tertiary/aromatic N) is 1. The number of rotatable bonds is 5. The van der Waals surface area contributed by atoms with Crippen molar-refractivity contribution < 1.29 is 45.3 Å². The van der Waals surface area contributed by atoms with Crippen LogP contribution in [0.15, 0.2) is 54.2 Å². The van der Waals surface area contributed by atoms with Gasteiger partial charge in [-0.3, -0.25) is 4.90 Å². The molecule has 2 aromatic carbocycles. The first-order valence-corrected chi connectivity index (χ1v) is 11.0. The number of carbonyl (C=O) groups is 1. The summed E-state index contributed by atoms with van der Waals surface area (Å²) in [6.45, 7) is 1.92. The lowest BCUT2D eigenvalue weighted by Crippen LogP contribution is -2.64. The molecule has 0 radical (unpaired) electrons. The molecule has 0 N–H and O–H groups in total. The summed E-state index contributed by atoms with van der Waals surface area (Å²) < 4.78 is 94.5. The van der Waals surface area contributed by atoms with Crippen LogP contribution in [0.1, 0.15) is 41.2 Å². The molecule has 5 nitrogen and oxygen atoms in total. The summed E-state index contributed by atoms with van der Waals surface area (Å²) in [6, 6.07) is 6.67. The van der Waals surface area contributed by atoms with Crippen molar-refractivity contribution in [3.8, 4) is 5.75 Å². The molecule has 0 atom stereocenters. The molecular weight excluding hydrogens is 492 g/mol. The second kappa shape index (κ2) is 8.21. The minimum Gasteiger partial charge on any atom is -0.489 e. The van der Waals surface area contributed by atoms with Gasteiger partial charge in [0, 0.05) is 24.4 Å². The molecule has 3 aliphatic rings. The predicted octanol–water partition coefficient (Wildman–Crippen LogP) is 6.67. The zero-order valence-electron chi connectivity index (χ0n) is 18.8. The fourth-order valence-corrected chi connectivity index (χ4v) is 4.50. The predicted molar refractivity (Wildman–Crippen MR) is 114 cm³/mol. The second-order valence-corrected chi connectivity index (χ2v) is 8.73. The van der Waals surface area contributed by atoms with E-state index in [4.69, 9.17) is 14.2 Å². The van der Waals surface area contributed by atoms with E-state index in [1.54, 1.807) is 35.4 Å². The lowest BCUT2D eigenvalue weighted by molar-refractivity contribution is -0.318. The Hall–Kier alpha value is -3.63. The molecule has 0 unspecified atom stereocenters. The van der Waals surface area contributed by atoms with Gasteiger partial charge in [0.05, 0.1) is 11.1 Å². The highest BCUT2D eigenvalue weighted by molar-refractivity contribution is 5.73. The first kappa shape index (κ1) is 24.1. The van der Waals surface area contributed by atoms with Crippen molar-refractivity contribution in [2.24, 2.45) is 0 Å². The van der Waals surface area contributed by atoms with Crippen molar-refractivity contribution >= 4 is 11.7 Å². The Morgan fingerprint density at radius 2 is 1.75 bits per heavy atom. The Morgan fingerprint density at radius 3 is 2.36 bits per heavy atom. The third-order valence-corrected chi connectivity index (χ3v) is 6.53. The summed E-state index contributed by atoms with van der Waals surface area (Å²) in [5.41, 5.74) is 0.903. The number of allylic oxidation sites excluding steroid dienone is 1. The van der Waals surface area contributed by atoms with Gasteiger partial charge in [-0.25, -0.2) is 4.79 Å². The highest BCUT2D eigenvalue weighted by Crippen LogP contribution is 2.41. The molecule has 2 heterocycles. The maximum absolute atomic E-state index is 13.4. The molecule has 0 saturated carbocycles. The van der Waals surface area contributed by atoms with E-state index in [-0.39, 0.29) is 11.6 Å². The first-order valence-electron chi connectivity index (χ1n) is 11.0. The highest BCUT2D eigenvalue weighted by Gasteiger charge is 2.56. The van der Waals surface area contributed by atoms with Gasteiger partial charge in [0.15, 0.2) is 0 Å². The Bertz CT molecular complexity index is 1290.